The summed E-state index contributed by atoms with van der Waals surface area (Å²) in [5.41, 5.74) is 4.26. The minimum atomic E-state index is -0.515. The van der Waals surface area contributed by atoms with Crippen molar-refractivity contribution in [2.75, 3.05) is 32.1 Å². The average molecular weight is 410 g/mol. The largest absolute Gasteiger partial charge is 0.385 e. The van der Waals surface area contributed by atoms with E-state index < -0.39 is 5.54 Å². The van der Waals surface area contributed by atoms with Crippen molar-refractivity contribution in [3.8, 4) is 0 Å². The standard InChI is InChI=1S/C24H31N3O3/c1-17-6-5-7-21(14-17)25-23(29)26-24(11-13-30-4)10-12-27(16-24)22(28)20-9-8-18(2)19(3)15-20/h5-9,14-15H,10-13,16H2,1-4H3,(H2,25,26,29)/t24-/m1/s1. The number of aryl methyl sites for hydroxylation is 3. The molecule has 0 radical (unpaired) electrons. The summed E-state index contributed by atoms with van der Waals surface area (Å²) in [4.78, 5) is 27.6. The normalized spacial score (nSPS) is 18.3. The Morgan fingerprint density at radius 1 is 1.10 bits per heavy atom. The first-order valence-corrected chi connectivity index (χ1v) is 10.3. The zero-order chi connectivity index (χ0) is 21.7. The molecule has 0 aliphatic carbocycles. The molecular weight excluding hydrogens is 378 g/mol. The van der Waals surface area contributed by atoms with Gasteiger partial charge in [0.15, 0.2) is 0 Å². The first-order valence-electron chi connectivity index (χ1n) is 10.3. The van der Waals surface area contributed by atoms with Gasteiger partial charge >= 0.3 is 6.03 Å². The van der Waals surface area contributed by atoms with Gasteiger partial charge in [0, 0.05) is 38.1 Å². The fourth-order valence-electron chi connectivity index (χ4n) is 3.89. The van der Waals surface area contributed by atoms with Crippen LogP contribution in [0.4, 0.5) is 10.5 Å². The molecular formula is C24H31N3O3. The van der Waals surface area contributed by atoms with Crippen LogP contribution in [-0.2, 0) is 4.74 Å². The Hall–Kier alpha value is -2.86. The summed E-state index contributed by atoms with van der Waals surface area (Å²) in [7, 11) is 1.65. The Bertz CT molecular complexity index is 928. The van der Waals surface area contributed by atoms with Gasteiger partial charge in [-0.1, -0.05) is 18.2 Å². The topological polar surface area (TPSA) is 70.7 Å². The highest BCUT2D eigenvalue weighted by atomic mass is 16.5. The van der Waals surface area contributed by atoms with E-state index in [-0.39, 0.29) is 11.9 Å². The van der Waals surface area contributed by atoms with Gasteiger partial charge in [-0.3, -0.25) is 4.79 Å². The lowest BCUT2D eigenvalue weighted by Gasteiger charge is -2.30. The van der Waals surface area contributed by atoms with E-state index in [0.29, 0.717) is 38.1 Å². The van der Waals surface area contributed by atoms with Crippen LogP contribution in [0, 0.1) is 20.8 Å². The number of carbonyl (C=O) groups is 2. The Morgan fingerprint density at radius 3 is 2.60 bits per heavy atom. The van der Waals surface area contributed by atoms with Crippen molar-refractivity contribution < 1.29 is 14.3 Å². The van der Waals surface area contributed by atoms with Crippen molar-refractivity contribution in [1.82, 2.24) is 10.2 Å². The maximum Gasteiger partial charge on any atom is 0.319 e. The second kappa shape index (κ2) is 9.30. The summed E-state index contributed by atoms with van der Waals surface area (Å²) in [5, 5.41) is 6.03. The van der Waals surface area contributed by atoms with Gasteiger partial charge in [0.25, 0.3) is 5.91 Å². The molecule has 0 unspecified atom stereocenters. The first-order chi connectivity index (χ1) is 14.3. The van der Waals surface area contributed by atoms with Crippen LogP contribution in [0.1, 0.15) is 39.9 Å². The summed E-state index contributed by atoms with van der Waals surface area (Å²) in [5.74, 6) is -0.00159. The van der Waals surface area contributed by atoms with E-state index in [1.54, 1.807) is 7.11 Å². The van der Waals surface area contributed by atoms with Gasteiger partial charge in [-0.15, -0.1) is 0 Å². The second-order valence-corrected chi connectivity index (χ2v) is 8.25. The highest BCUT2D eigenvalue weighted by Crippen LogP contribution is 2.27. The number of amides is 3. The smallest absolute Gasteiger partial charge is 0.319 e. The molecule has 0 spiro atoms. The van der Waals surface area contributed by atoms with Crippen molar-refractivity contribution in [2.45, 2.75) is 39.2 Å². The number of nitrogens with zero attached hydrogens (tertiary/aromatic N) is 1. The average Bonchev–Trinajstić information content (AvgIpc) is 3.12. The molecule has 2 aromatic rings. The molecule has 3 amide bonds. The lowest BCUT2D eigenvalue weighted by molar-refractivity contribution is 0.0772. The minimum absolute atomic E-state index is 0.00159. The van der Waals surface area contributed by atoms with Crippen molar-refractivity contribution >= 4 is 17.6 Å². The molecule has 1 aliphatic rings. The minimum Gasteiger partial charge on any atom is -0.385 e. The maximum atomic E-state index is 13.1. The first kappa shape index (κ1) is 21.8. The van der Waals surface area contributed by atoms with Gasteiger partial charge in [0.1, 0.15) is 0 Å². The molecule has 1 atom stereocenters. The third-order valence-electron chi connectivity index (χ3n) is 5.83. The summed E-state index contributed by atoms with van der Waals surface area (Å²) < 4.78 is 5.28. The van der Waals surface area contributed by atoms with Gasteiger partial charge < -0.3 is 20.3 Å². The molecule has 0 aromatic heterocycles. The molecule has 3 rings (SSSR count). The Labute approximate surface area is 178 Å². The van der Waals surface area contributed by atoms with E-state index in [0.717, 1.165) is 22.4 Å². The zero-order valence-corrected chi connectivity index (χ0v) is 18.2. The number of likely N-dealkylation sites (tertiary alicyclic amines) is 1. The quantitative estimate of drug-likeness (QED) is 0.756. The number of urea groups is 1. The van der Waals surface area contributed by atoms with Gasteiger partial charge in [-0.25, -0.2) is 4.79 Å². The molecule has 1 saturated heterocycles. The predicted octanol–water partition coefficient (Wildman–Crippen LogP) is 4.05. The molecule has 1 heterocycles. The van der Waals surface area contributed by atoms with Crippen LogP contribution in [0.15, 0.2) is 42.5 Å². The molecule has 6 heteroatoms. The number of hydrogen-bond acceptors (Lipinski definition) is 3. The third kappa shape index (κ3) is 5.19. The molecule has 160 valence electrons. The SMILES string of the molecule is COCC[C@]1(NC(=O)Nc2cccc(C)c2)CCN(C(=O)c2ccc(C)c(C)c2)C1. The summed E-state index contributed by atoms with van der Waals surface area (Å²) in [6.45, 7) is 7.60. The summed E-state index contributed by atoms with van der Waals surface area (Å²) in [6.07, 6.45) is 1.33. The second-order valence-electron chi connectivity index (χ2n) is 8.25. The van der Waals surface area contributed by atoms with Crippen molar-refractivity contribution in [1.29, 1.82) is 0 Å². The van der Waals surface area contributed by atoms with Gasteiger partial charge in [0.05, 0.1) is 5.54 Å². The maximum absolute atomic E-state index is 13.1. The van der Waals surface area contributed by atoms with Crippen LogP contribution >= 0.6 is 0 Å². The van der Waals surface area contributed by atoms with Crippen molar-refractivity contribution in [3.63, 3.8) is 0 Å². The van der Waals surface area contributed by atoms with Crippen LogP contribution in [0.2, 0.25) is 0 Å². The lowest BCUT2D eigenvalue weighted by atomic mass is 9.94. The molecule has 1 fully saturated rings. The molecule has 30 heavy (non-hydrogen) atoms. The number of carbonyl (C=O) groups excluding carboxylic acids is 2. The highest BCUT2D eigenvalue weighted by molar-refractivity contribution is 5.95. The lowest BCUT2D eigenvalue weighted by Crippen LogP contribution is -2.53. The van der Waals surface area contributed by atoms with Crippen molar-refractivity contribution in [2.24, 2.45) is 0 Å². The molecule has 6 nitrogen and oxygen atoms in total. The highest BCUT2D eigenvalue weighted by Gasteiger charge is 2.41. The molecule has 0 bridgehead atoms. The Balaban J connectivity index is 1.71. The molecule has 2 N–H and O–H groups in total. The monoisotopic (exact) mass is 409 g/mol. The number of methoxy groups -OCH3 is 1. The van der Waals surface area contributed by atoms with Gasteiger partial charge in [0.2, 0.25) is 0 Å². The molecule has 1 aliphatic heterocycles. The predicted molar refractivity (Wildman–Crippen MR) is 119 cm³/mol. The van der Waals surface area contributed by atoms with Gasteiger partial charge in [-0.2, -0.15) is 0 Å². The third-order valence-corrected chi connectivity index (χ3v) is 5.83. The van der Waals surface area contributed by atoms with E-state index in [2.05, 4.69) is 10.6 Å². The Morgan fingerprint density at radius 2 is 1.90 bits per heavy atom. The zero-order valence-electron chi connectivity index (χ0n) is 18.2. The Kier molecular flexibility index (Phi) is 6.77. The molecule has 0 saturated carbocycles. The van der Waals surface area contributed by atoms with E-state index in [1.807, 2.05) is 68.1 Å². The summed E-state index contributed by atoms with van der Waals surface area (Å²) >= 11 is 0. The van der Waals surface area contributed by atoms with Crippen molar-refractivity contribution in [3.05, 3.63) is 64.7 Å². The van der Waals surface area contributed by atoms with Crippen LogP contribution in [0.3, 0.4) is 0 Å². The van der Waals surface area contributed by atoms with E-state index >= 15 is 0 Å². The van der Waals surface area contributed by atoms with E-state index in [4.69, 9.17) is 4.74 Å². The van der Waals surface area contributed by atoms with E-state index in [1.165, 1.54) is 0 Å². The van der Waals surface area contributed by atoms with E-state index in [9.17, 15) is 9.59 Å². The number of rotatable bonds is 6. The fraction of sp³-hybridized carbons (Fsp3) is 0.417. The number of benzene rings is 2. The number of hydrogen-bond donors (Lipinski definition) is 2. The van der Waals surface area contributed by atoms with Crippen LogP contribution < -0.4 is 10.6 Å². The van der Waals surface area contributed by atoms with Crippen LogP contribution in [0.5, 0.6) is 0 Å². The number of anilines is 1. The van der Waals surface area contributed by atoms with Gasteiger partial charge in [-0.05, 0) is 74.6 Å². The molecule has 2 aromatic carbocycles. The number of ether oxygens (including phenoxy) is 1. The number of nitrogens with one attached hydrogen (secondary N) is 2. The van der Waals surface area contributed by atoms with Crippen LogP contribution in [0.25, 0.3) is 0 Å². The fourth-order valence-corrected chi connectivity index (χ4v) is 3.89. The summed E-state index contributed by atoms with van der Waals surface area (Å²) in [6, 6.07) is 13.2. The van der Waals surface area contributed by atoms with Crippen LogP contribution in [-0.4, -0.2) is 49.2 Å².